The van der Waals surface area contributed by atoms with E-state index < -0.39 is 0 Å². The van der Waals surface area contributed by atoms with Crippen LogP contribution in [-0.4, -0.2) is 19.5 Å². The molecule has 0 atom stereocenters. The average Bonchev–Trinajstić information content (AvgIpc) is 3.57. The van der Waals surface area contributed by atoms with Crippen LogP contribution in [0.1, 0.15) is 23.7 Å². The minimum atomic E-state index is 0.631. The molecule has 0 radical (unpaired) electrons. The zero-order valence-corrected chi connectivity index (χ0v) is 29.7. The summed E-state index contributed by atoms with van der Waals surface area (Å²) in [6.45, 7) is 6.54. The normalized spacial score (nSPS) is 12.6. The van der Waals surface area contributed by atoms with Crippen molar-refractivity contribution in [2.24, 2.45) is 0 Å². The SMILES string of the molecule is C=Cc1c2c(cn1-c1ccc(-c3nc(-c4ccccc4)nc(-c4ccccc4)n3)c3ccccc13)-c1cc3ccccc3cc1-c1ccccc1/C2=C/C. The molecule has 254 valence electrons. The molecule has 9 aromatic rings. The Bertz CT molecular complexity index is 2900. The predicted molar refractivity (Wildman–Crippen MR) is 224 cm³/mol. The summed E-state index contributed by atoms with van der Waals surface area (Å²) in [4.78, 5) is 15.1. The van der Waals surface area contributed by atoms with E-state index in [2.05, 4.69) is 127 Å². The van der Waals surface area contributed by atoms with Gasteiger partial charge in [0.15, 0.2) is 17.5 Å². The first-order chi connectivity index (χ1) is 26.7. The van der Waals surface area contributed by atoms with Crippen LogP contribution in [0.2, 0.25) is 0 Å². The molecular weight excluding hydrogens is 657 g/mol. The Kier molecular flexibility index (Phi) is 7.48. The van der Waals surface area contributed by atoms with Crippen LogP contribution in [-0.2, 0) is 0 Å². The Hall–Kier alpha value is -7.17. The van der Waals surface area contributed by atoms with Gasteiger partial charge >= 0.3 is 0 Å². The summed E-state index contributed by atoms with van der Waals surface area (Å²) in [6, 6.07) is 55.2. The number of allylic oxidation sites excluding steroid dienone is 1. The van der Waals surface area contributed by atoms with Crippen molar-refractivity contribution in [2.75, 3.05) is 0 Å². The van der Waals surface area contributed by atoms with Gasteiger partial charge in [0.05, 0.1) is 11.4 Å². The number of aromatic nitrogens is 4. The van der Waals surface area contributed by atoms with Crippen LogP contribution in [0.4, 0.5) is 0 Å². The quantitative estimate of drug-likeness (QED) is 0.181. The lowest BCUT2D eigenvalue weighted by Gasteiger charge is -2.16. The summed E-state index contributed by atoms with van der Waals surface area (Å²) in [6.07, 6.45) is 6.56. The molecule has 10 rings (SSSR count). The number of rotatable bonds is 5. The molecule has 2 aromatic heterocycles. The van der Waals surface area contributed by atoms with Crippen LogP contribution < -0.4 is 0 Å². The van der Waals surface area contributed by atoms with Crippen molar-refractivity contribution in [3.05, 3.63) is 193 Å². The van der Waals surface area contributed by atoms with Gasteiger partial charge in [-0.3, -0.25) is 0 Å². The van der Waals surface area contributed by atoms with Gasteiger partial charge in [0.2, 0.25) is 0 Å². The summed E-state index contributed by atoms with van der Waals surface area (Å²) >= 11 is 0. The summed E-state index contributed by atoms with van der Waals surface area (Å²) in [5.74, 6) is 1.91. The summed E-state index contributed by atoms with van der Waals surface area (Å²) in [5.41, 5.74) is 13.4. The minimum absolute atomic E-state index is 0.631. The van der Waals surface area contributed by atoms with Crippen LogP contribution in [0.3, 0.4) is 0 Å². The van der Waals surface area contributed by atoms with Crippen molar-refractivity contribution < 1.29 is 0 Å². The van der Waals surface area contributed by atoms with E-state index in [-0.39, 0.29) is 0 Å². The van der Waals surface area contributed by atoms with Crippen molar-refractivity contribution in [3.8, 4) is 62.1 Å². The number of hydrogen-bond donors (Lipinski definition) is 0. The number of hydrogen-bond acceptors (Lipinski definition) is 3. The number of nitrogens with zero attached hydrogens (tertiary/aromatic N) is 4. The van der Waals surface area contributed by atoms with E-state index in [9.17, 15) is 0 Å². The van der Waals surface area contributed by atoms with Crippen molar-refractivity contribution in [1.82, 2.24) is 19.5 Å². The maximum absolute atomic E-state index is 5.09. The molecule has 7 aromatic carbocycles. The molecule has 0 saturated heterocycles. The first-order valence-electron chi connectivity index (χ1n) is 18.3. The minimum Gasteiger partial charge on any atom is -0.315 e. The van der Waals surface area contributed by atoms with Gasteiger partial charge in [-0.05, 0) is 81.3 Å². The van der Waals surface area contributed by atoms with E-state index in [4.69, 9.17) is 15.0 Å². The van der Waals surface area contributed by atoms with Crippen LogP contribution in [0.15, 0.2) is 177 Å². The fourth-order valence-corrected chi connectivity index (χ4v) is 8.10. The molecule has 0 bridgehead atoms. The Morgan fingerprint density at radius 2 is 1.02 bits per heavy atom. The fraction of sp³-hybridized carbons (Fsp3) is 0.0200. The van der Waals surface area contributed by atoms with E-state index >= 15 is 0 Å². The lowest BCUT2D eigenvalue weighted by atomic mass is 9.92. The first kappa shape index (κ1) is 31.6. The molecule has 2 heterocycles. The van der Waals surface area contributed by atoms with Gasteiger partial charge in [-0.2, -0.15) is 0 Å². The summed E-state index contributed by atoms with van der Waals surface area (Å²) < 4.78 is 2.32. The Labute approximate surface area is 314 Å². The largest absolute Gasteiger partial charge is 0.315 e. The van der Waals surface area contributed by atoms with Crippen LogP contribution in [0, 0.1) is 0 Å². The third-order valence-electron chi connectivity index (χ3n) is 10.6. The van der Waals surface area contributed by atoms with Crippen molar-refractivity contribution in [3.63, 3.8) is 0 Å². The molecule has 0 spiro atoms. The zero-order chi connectivity index (χ0) is 36.2. The maximum Gasteiger partial charge on any atom is 0.164 e. The molecular formula is C50H34N4. The lowest BCUT2D eigenvalue weighted by Crippen LogP contribution is -2.02. The first-order valence-corrected chi connectivity index (χ1v) is 18.3. The second-order valence-corrected chi connectivity index (χ2v) is 13.6. The second kappa shape index (κ2) is 12.8. The third-order valence-corrected chi connectivity index (χ3v) is 10.6. The van der Waals surface area contributed by atoms with Gasteiger partial charge in [-0.25, -0.2) is 15.0 Å². The Balaban J connectivity index is 1.22. The van der Waals surface area contributed by atoms with E-state index in [1.54, 1.807) is 0 Å². The van der Waals surface area contributed by atoms with Gasteiger partial charge in [0.1, 0.15) is 0 Å². The zero-order valence-electron chi connectivity index (χ0n) is 29.7. The van der Waals surface area contributed by atoms with Crippen molar-refractivity contribution in [1.29, 1.82) is 0 Å². The smallest absolute Gasteiger partial charge is 0.164 e. The molecule has 1 aliphatic carbocycles. The molecule has 4 heteroatoms. The molecule has 54 heavy (non-hydrogen) atoms. The highest BCUT2D eigenvalue weighted by Crippen LogP contribution is 2.49. The molecule has 0 unspecified atom stereocenters. The average molecular weight is 691 g/mol. The van der Waals surface area contributed by atoms with Crippen molar-refractivity contribution in [2.45, 2.75) is 6.92 Å². The highest BCUT2D eigenvalue weighted by molar-refractivity contribution is 6.08. The van der Waals surface area contributed by atoms with E-state index in [0.717, 1.165) is 38.8 Å². The number of fused-ring (bicyclic) bond motifs is 7. The van der Waals surface area contributed by atoms with Crippen LogP contribution in [0.25, 0.3) is 95.3 Å². The Morgan fingerprint density at radius 1 is 0.481 bits per heavy atom. The third kappa shape index (κ3) is 5.03. The summed E-state index contributed by atoms with van der Waals surface area (Å²) in [5, 5.41) is 4.59. The van der Waals surface area contributed by atoms with Crippen LogP contribution in [0.5, 0.6) is 0 Å². The molecule has 0 aliphatic heterocycles. The van der Waals surface area contributed by atoms with Crippen molar-refractivity contribution >= 4 is 33.2 Å². The second-order valence-electron chi connectivity index (χ2n) is 13.6. The molecule has 0 fully saturated rings. The van der Waals surface area contributed by atoms with Gasteiger partial charge in [-0.15, -0.1) is 0 Å². The maximum atomic E-state index is 5.09. The monoisotopic (exact) mass is 690 g/mol. The molecule has 4 nitrogen and oxygen atoms in total. The number of benzene rings is 7. The van der Waals surface area contributed by atoms with Gasteiger partial charge in [-0.1, -0.05) is 146 Å². The predicted octanol–water partition coefficient (Wildman–Crippen LogP) is 12.7. The van der Waals surface area contributed by atoms with Gasteiger partial charge in [0.25, 0.3) is 0 Å². The standard InChI is InChI=1S/C50H34N4/c1-3-36-37-23-13-14-24-38(37)42-29-34-21-11-12-22-35(34)30-43(42)44-31-54(45(4-2)47(36)44)46-28-27-41(39-25-15-16-26-40(39)46)50-52-48(32-17-7-5-8-18-32)51-49(53-50)33-19-9-6-10-20-33/h3-31H,2H2,1H3/b36-3-. The lowest BCUT2D eigenvalue weighted by molar-refractivity contribution is 1.07. The highest BCUT2D eigenvalue weighted by Gasteiger charge is 2.28. The molecule has 1 aliphatic rings. The van der Waals surface area contributed by atoms with E-state index in [1.807, 2.05) is 66.7 Å². The Morgan fingerprint density at radius 3 is 1.65 bits per heavy atom. The van der Waals surface area contributed by atoms with Gasteiger partial charge < -0.3 is 4.57 Å². The molecule has 0 amide bonds. The fourth-order valence-electron chi connectivity index (χ4n) is 8.10. The molecule has 0 N–H and O–H groups in total. The molecule has 0 saturated carbocycles. The van der Waals surface area contributed by atoms with Gasteiger partial charge in [0, 0.05) is 39.4 Å². The van der Waals surface area contributed by atoms with E-state index in [1.165, 1.54) is 49.7 Å². The topological polar surface area (TPSA) is 43.6 Å². The van der Waals surface area contributed by atoms with E-state index in [0.29, 0.717) is 17.5 Å². The van der Waals surface area contributed by atoms with Crippen LogP contribution >= 0.6 is 0 Å². The highest BCUT2D eigenvalue weighted by atomic mass is 15.0. The summed E-state index contributed by atoms with van der Waals surface area (Å²) in [7, 11) is 0.